The van der Waals surface area contributed by atoms with Gasteiger partial charge in [0.15, 0.2) is 0 Å². The Morgan fingerprint density at radius 1 is 0.944 bits per heavy atom. The molecule has 0 aliphatic carbocycles. The fraction of sp³-hybridized carbons (Fsp3) is 0. The second-order valence-electron chi connectivity index (χ2n) is 4.24. The van der Waals surface area contributed by atoms with E-state index < -0.39 is 0 Å². The molecule has 0 unspecified atom stereocenters. The molecule has 84 valence electrons. The van der Waals surface area contributed by atoms with E-state index in [0.717, 1.165) is 28.2 Å². The Bertz CT molecular complexity index is 774. The first-order valence-corrected chi connectivity index (χ1v) is 5.81. The molecule has 2 aliphatic heterocycles. The van der Waals surface area contributed by atoms with E-state index in [1.165, 1.54) is 5.39 Å². The van der Waals surface area contributed by atoms with E-state index in [1.54, 1.807) is 6.21 Å². The Morgan fingerprint density at radius 3 is 2.83 bits per heavy atom. The third-order valence-electron chi connectivity index (χ3n) is 3.14. The first kappa shape index (κ1) is 9.48. The predicted octanol–water partition coefficient (Wildman–Crippen LogP) is 2.89. The monoisotopic (exact) mass is 231 g/mol. The van der Waals surface area contributed by atoms with Gasteiger partial charge in [-0.05, 0) is 23.6 Å². The molecule has 0 N–H and O–H groups in total. The molecule has 1 aromatic heterocycles. The third-order valence-corrected chi connectivity index (χ3v) is 3.14. The SMILES string of the molecule is C1=NC2=CC(c3nccc4ccccc34)=NC2=C1. The van der Waals surface area contributed by atoms with Crippen LogP contribution in [-0.4, -0.2) is 16.9 Å². The molecule has 1 aromatic carbocycles. The molecule has 0 saturated heterocycles. The van der Waals surface area contributed by atoms with Crippen molar-refractivity contribution >= 4 is 22.7 Å². The molecule has 2 aromatic rings. The van der Waals surface area contributed by atoms with Gasteiger partial charge in [0.05, 0.1) is 22.8 Å². The zero-order valence-electron chi connectivity index (χ0n) is 9.54. The minimum absolute atomic E-state index is 0.893. The van der Waals surface area contributed by atoms with Gasteiger partial charge in [0.1, 0.15) is 0 Å². The molecule has 3 heterocycles. The zero-order valence-corrected chi connectivity index (χ0v) is 9.54. The molecule has 18 heavy (non-hydrogen) atoms. The summed E-state index contributed by atoms with van der Waals surface area (Å²) in [4.78, 5) is 13.3. The molecule has 0 saturated carbocycles. The van der Waals surface area contributed by atoms with Crippen molar-refractivity contribution in [2.75, 3.05) is 0 Å². The topological polar surface area (TPSA) is 37.6 Å². The fourth-order valence-electron chi connectivity index (χ4n) is 2.28. The first-order chi connectivity index (χ1) is 8.92. The summed E-state index contributed by atoms with van der Waals surface area (Å²) < 4.78 is 0. The van der Waals surface area contributed by atoms with E-state index in [9.17, 15) is 0 Å². The van der Waals surface area contributed by atoms with Crippen LogP contribution in [0.2, 0.25) is 0 Å². The number of benzene rings is 1. The van der Waals surface area contributed by atoms with Crippen LogP contribution in [0.25, 0.3) is 10.8 Å². The molecule has 3 nitrogen and oxygen atoms in total. The molecule has 0 spiro atoms. The molecular formula is C15H9N3. The second kappa shape index (κ2) is 3.47. The first-order valence-electron chi connectivity index (χ1n) is 5.81. The molecule has 4 rings (SSSR count). The Balaban J connectivity index is 1.95. The van der Waals surface area contributed by atoms with E-state index in [1.807, 2.05) is 36.5 Å². The van der Waals surface area contributed by atoms with Crippen LogP contribution in [0.1, 0.15) is 5.69 Å². The summed E-state index contributed by atoms with van der Waals surface area (Å²) in [6.45, 7) is 0. The Kier molecular flexibility index (Phi) is 1.83. The van der Waals surface area contributed by atoms with E-state index >= 15 is 0 Å². The number of nitrogens with zero attached hydrogens (tertiary/aromatic N) is 3. The summed E-state index contributed by atoms with van der Waals surface area (Å²) in [5.74, 6) is 0. The van der Waals surface area contributed by atoms with Crippen molar-refractivity contribution in [1.29, 1.82) is 0 Å². The summed E-state index contributed by atoms with van der Waals surface area (Å²) in [5.41, 5.74) is 3.68. The van der Waals surface area contributed by atoms with Gasteiger partial charge in [-0.1, -0.05) is 24.3 Å². The van der Waals surface area contributed by atoms with Crippen molar-refractivity contribution in [3.05, 3.63) is 65.8 Å². The Morgan fingerprint density at radius 2 is 1.89 bits per heavy atom. The largest absolute Gasteiger partial charge is 0.254 e. The van der Waals surface area contributed by atoms with Crippen LogP contribution >= 0.6 is 0 Å². The van der Waals surface area contributed by atoms with Crippen LogP contribution in [0, 0.1) is 0 Å². The van der Waals surface area contributed by atoms with Crippen LogP contribution in [0.5, 0.6) is 0 Å². The number of rotatable bonds is 1. The summed E-state index contributed by atoms with van der Waals surface area (Å²) in [7, 11) is 0. The lowest BCUT2D eigenvalue weighted by molar-refractivity contribution is 1.31. The maximum absolute atomic E-state index is 4.57. The van der Waals surface area contributed by atoms with Crippen molar-refractivity contribution in [1.82, 2.24) is 4.98 Å². The zero-order chi connectivity index (χ0) is 11.9. The quantitative estimate of drug-likeness (QED) is 0.743. The van der Waals surface area contributed by atoms with Crippen molar-refractivity contribution < 1.29 is 0 Å². The van der Waals surface area contributed by atoms with Crippen molar-refractivity contribution in [3.8, 4) is 0 Å². The number of hydrogen-bond donors (Lipinski definition) is 0. The smallest absolute Gasteiger partial charge is 0.0965 e. The van der Waals surface area contributed by atoms with Crippen molar-refractivity contribution in [2.45, 2.75) is 0 Å². The molecule has 0 fully saturated rings. The van der Waals surface area contributed by atoms with E-state index in [4.69, 9.17) is 0 Å². The van der Waals surface area contributed by atoms with Gasteiger partial charge in [0, 0.05) is 17.8 Å². The van der Waals surface area contributed by atoms with E-state index in [2.05, 4.69) is 27.1 Å². The summed E-state index contributed by atoms with van der Waals surface area (Å²) in [6, 6.07) is 10.2. The van der Waals surface area contributed by atoms with Gasteiger partial charge < -0.3 is 0 Å². The van der Waals surface area contributed by atoms with Gasteiger partial charge in [0.25, 0.3) is 0 Å². The lowest BCUT2D eigenvalue weighted by atomic mass is 10.1. The summed E-state index contributed by atoms with van der Waals surface area (Å²) >= 11 is 0. The van der Waals surface area contributed by atoms with Crippen LogP contribution in [0.15, 0.2) is 70.1 Å². The van der Waals surface area contributed by atoms with Gasteiger partial charge in [-0.2, -0.15) is 0 Å². The van der Waals surface area contributed by atoms with E-state index in [-0.39, 0.29) is 0 Å². The normalized spacial score (nSPS) is 16.6. The molecule has 2 aliphatic rings. The lowest BCUT2D eigenvalue weighted by Crippen LogP contribution is -1.99. The fourth-order valence-corrected chi connectivity index (χ4v) is 2.28. The number of aliphatic imine (C=N–C) groups is 2. The van der Waals surface area contributed by atoms with Crippen molar-refractivity contribution in [2.24, 2.45) is 9.98 Å². The number of allylic oxidation sites excluding steroid dienone is 2. The summed E-state index contributed by atoms with van der Waals surface area (Å²) in [6.07, 6.45) is 7.51. The van der Waals surface area contributed by atoms with Crippen LogP contribution in [0.3, 0.4) is 0 Å². The minimum atomic E-state index is 0.893. The maximum atomic E-state index is 4.57. The Hall–Kier alpha value is -2.55. The molecular weight excluding hydrogens is 222 g/mol. The highest BCUT2D eigenvalue weighted by Gasteiger charge is 2.19. The van der Waals surface area contributed by atoms with Crippen LogP contribution in [0.4, 0.5) is 0 Å². The van der Waals surface area contributed by atoms with Gasteiger partial charge in [-0.25, -0.2) is 4.99 Å². The van der Waals surface area contributed by atoms with Gasteiger partial charge in [0.2, 0.25) is 0 Å². The molecule has 0 atom stereocenters. The summed E-state index contributed by atoms with van der Waals surface area (Å²) in [5, 5.41) is 2.30. The highest BCUT2D eigenvalue weighted by molar-refractivity contribution is 6.17. The minimum Gasteiger partial charge on any atom is -0.254 e. The number of pyridine rings is 1. The molecule has 0 bridgehead atoms. The maximum Gasteiger partial charge on any atom is 0.0965 e. The highest BCUT2D eigenvalue weighted by Crippen LogP contribution is 2.27. The highest BCUT2D eigenvalue weighted by atomic mass is 14.9. The average Bonchev–Trinajstić information content (AvgIpc) is 2.99. The van der Waals surface area contributed by atoms with E-state index in [0.29, 0.717) is 0 Å². The lowest BCUT2D eigenvalue weighted by Gasteiger charge is -2.03. The van der Waals surface area contributed by atoms with Gasteiger partial charge in [-0.3, -0.25) is 9.98 Å². The number of aromatic nitrogens is 1. The average molecular weight is 231 g/mol. The number of hydrogen-bond acceptors (Lipinski definition) is 3. The molecule has 3 heteroatoms. The van der Waals surface area contributed by atoms with Gasteiger partial charge >= 0.3 is 0 Å². The van der Waals surface area contributed by atoms with Gasteiger partial charge in [-0.15, -0.1) is 0 Å². The third kappa shape index (κ3) is 1.27. The number of fused-ring (bicyclic) bond motifs is 2. The molecule has 0 amide bonds. The van der Waals surface area contributed by atoms with Crippen LogP contribution in [-0.2, 0) is 0 Å². The Labute approximate surface area is 104 Å². The molecule has 0 radical (unpaired) electrons. The predicted molar refractivity (Wildman–Crippen MR) is 72.9 cm³/mol. The van der Waals surface area contributed by atoms with Crippen LogP contribution < -0.4 is 0 Å². The standard InChI is InChI=1S/C15H9N3/c1-2-4-11-10(3-1)5-7-17-15(11)14-9-13-12(18-14)6-8-16-13/h1-9H. The van der Waals surface area contributed by atoms with Crippen molar-refractivity contribution in [3.63, 3.8) is 0 Å². The second-order valence-corrected chi connectivity index (χ2v) is 4.24.